The van der Waals surface area contributed by atoms with Crippen LogP contribution in [0.1, 0.15) is 27.2 Å². The summed E-state index contributed by atoms with van der Waals surface area (Å²) in [7, 11) is 0. The monoisotopic (exact) mass is 325 g/mol. The number of hydrogen-bond acceptors (Lipinski definition) is 8. The van der Waals surface area contributed by atoms with Crippen LogP contribution in [0.4, 0.5) is 4.79 Å². The van der Waals surface area contributed by atoms with E-state index < -0.39 is 23.9 Å². The maximum atomic E-state index is 11.4. The van der Waals surface area contributed by atoms with Crippen LogP contribution in [-0.2, 0) is 9.47 Å². The summed E-state index contributed by atoms with van der Waals surface area (Å²) in [6.45, 7) is 5.15. The molecule has 8 heteroatoms. The van der Waals surface area contributed by atoms with E-state index in [9.17, 15) is 15.0 Å². The van der Waals surface area contributed by atoms with E-state index in [0.717, 1.165) is 18.2 Å². The van der Waals surface area contributed by atoms with Gasteiger partial charge in [-0.1, -0.05) is 20.8 Å². The van der Waals surface area contributed by atoms with Crippen LogP contribution in [0.15, 0.2) is 0 Å². The second kappa shape index (κ2) is 11.2. The highest BCUT2D eigenvalue weighted by Gasteiger charge is 2.17. The Morgan fingerprint density at radius 2 is 1.81 bits per heavy atom. The highest BCUT2D eigenvalue weighted by molar-refractivity contribution is 8.13. The van der Waals surface area contributed by atoms with Gasteiger partial charge in [-0.05, 0) is 18.2 Å². The second-order valence-electron chi connectivity index (χ2n) is 5.10. The summed E-state index contributed by atoms with van der Waals surface area (Å²) in [6, 6.07) is 0. The van der Waals surface area contributed by atoms with Crippen LogP contribution in [0.5, 0.6) is 0 Å². The number of hydrogen-bond donors (Lipinski definition) is 4. The smallest absolute Gasteiger partial charge is 0.367 e. The molecule has 0 aliphatic heterocycles. The standard InChI is InChI=1S/C13H27NO6S/c1-4-8(2)12(17)19-5-10(15)6-20-13(18)21-7-9(3)11(14)16/h8-12,15-17H,4-7,14H2,1-3H3. The third-order valence-electron chi connectivity index (χ3n) is 3.03. The topological polar surface area (TPSA) is 122 Å². The highest BCUT2D eigenvalue weighted by atomic mass is 32.2. The summed E-state index contributed by atoms with van der Waals surface area (Å²) in [4.78, 5) is 11.4. The second-order valence-corrected chi connectivity index (χ2v) is 6.06. The number of aliphatic hydroxyl groups is 3. The van der Waals surface area contributed by atoms with Crippen molar-refractivity contribution in [2.45, 2.75) is 45.8 Å². The van der Waals surface area contributed by atoms with E-state index in [1.165, 1.54) is 0 Å². The summed E-state index contributed by atoms with van der Waals surface area (Å²) in [5, 5.41) is 27.7. The molecule has 5 unspecified atom stereocenters. The first-order valence-electron chi connectivity index (χ1n) is 6.98. The summed E-state index contributed by atoms with van der Waals surface area (Å²) in [5.74, 6) is 0.0662. The Morgan fingerprint density at radius 1 is 1.19 bits per heavy atom. The molecular formula is C13H27NO6S. The molecule has 7 nitrogen and oxygen atoms in total. The van der Waals surface area contributed by atoms with E-state index in [2.05, 4.69) is 0 Å². The molecule has 0 aromatic carbocycles. The molecule has 21 heavy (non-hydrogen) atoms. The number of ether oxygens (including phenoxy) is 2. The fourth-order valence-electron chi connectivity index (χ4n) is 1.13. The van der Waals surface area contributed by atoms with Gasteiger partial charge in [0.05, 0.1) is 6.61 Å². The van der Waals surface area contributed by atoms with Gasteiger partial charge in [0.1, 0.15) is 18.9 Å². The number of nitrogens with two attached hydrogens (primary N) is 1. The van der Waals surface area contributed by atoms with Gasteiger partial charge in [0.2, 0.25) is 0 Å². The molecule has 0 saturated heterocycles. The van der Waals surface area contributed by atoms with Crippen molar-refractivity contribution in [2.24, 2.45) is 17.6 Å². The predicted octanol–water partition coefficient (Wildman–Crippen LogP) is 0.511. The van der Waals surface area contributed by atoms with Gasteiger partial charge in [-0.25, -0.2) is 4.79 Å². The minimum Gasteiger partial charge on any atom is -0.455 e. The zero-order valence-corrected chi connectivity index (χ0v) is 13.6. The first-order valence-corrected chi connectivity index (χ1v) is 7.97. The van der Waals surface area contributed by atoms with Gasteiger partial charge in [-0.2, -0.15) is 0 Å². The average Bonchev–Trinajstić information content (AvgIpc) is 2.46. The molecule has 5 atom stereocenters. The van der Waals surface area contributed by atoms with Gasteiger partial charge in [-0.3, -0.25) is 0 Å². The van der Waals surface area contributed by atoms with Gasteiger partial charge in [0.15, 0.2) is 6.29 Å². The summed E-state index contributed by atoms with van der Waals surface area (Å²) in [6.07, 6.45) is -2.16. The molecular weight excluding hydrogens is 298 g/mol. The quantitative estimate of drug-likeness (QED) is 0.338. The Kier molecular flexibility index (Phi) is 11.0. The third-order valence-corrected chi connectivity index (χ3v) is 4.08. The van der Waals surface area contributed by atoms with Crippen molar-refractivity contribution in [3.8, 4) is 0 Å². The Balaban J connectivity index is 3.77. The lowest BCUT2D eigenvalue weighted by atomic mass is 10.1. The molecule has 0 heterocycles. The van der Waals surface area contributed by atoms with Crippen LogP contribution in [0.2, 0.25) is 0 Å². The van der Waals surface area contributed by atoms with E-state index in [1.54, 1.807) is 6.92 Å². The molecule has 0 bridgehead atoms. The number of carbonyl (C=O) groups excluding carboxylic acids is 1. The fraction of sp³-hybridized carbons (Fsp3) is 0.923. The van der Waals surface area contributed by atoms with Gasteiger partial charge >= 0.3 is 5.30 Å². The van der Waals surface area contributed by atoms with E-state index in [4.69, 9.17) is 20.3 Å². The Morgan fingerprint density at radius 3 is 2.33 bits per heavy atom. The molecule has 5 N–H and O–H groups in total. The van der Waals surface area contributed by atoms with Crippen molar-refractivity contribution in [1.29, 1.82) is 0 Å². The highest BCUT2D eigenvalue weighted by Crippen LogP contribution is 2.13. The van der Waals surface area contributed by atoms with Crippen molar-refractivity contribution >= 4 is 17.1 Å². The van der Waals surface area contributed by atoms with E-state index in [0.29, 0.717) is 5.75 Å². The first-order chi connectivity index (χ1) is 9.77. The van der Waals surface area contributed by atoms with Gasteiger partial charge < -0.3 is 30.5 Å². The molecule has 0 aliphatic carbocycles. The summed E-state index contributed by atoms with van der Waals surface area (Å²) < 4.78 is 9.92. The van der Waals surface area contributed by atoms with Crippen molar-refractivity contribution in [3.05, 3.63) is 0 Å². The normalized spacial score (nSPS) is 18.6. The largest absolute Gasteiger partial charge is 0.455 e. The lowest BCUT2D eigenvalue weighted by molar-refractivity contribution is -0.151. The van der Waals surface area contributed by atoms with Gasteiger partial charge in [0, 0.05) is 17.6 Å². The van der Waals surface area contributed by atoms with E-state index >= 15 is 0 Å². The fourth-order valence-corrected chi connectivity index (χ4v) is 1.88. The van der Waals surface area contributed by atoms with Crippen molar-refractivity contribution < 1.29 is 29.6 Å². The van der Waals surface area contributed by atoms with Crippen molar-refractivity contribution in [3.63, 3.8) is 0 Å². The van der Waals surface area contributed by atoms with Gasteiger partial charge in [-0.15, -0.1) is 0 Å². The molecule has 0 rings (SSSR count). The molecule has 0 saturated carbocycles. The predicted molar refractivity (Wildman–Crippen MR) is 80.6 cm³/mol. The molecule has 126 valence electrons. The molecule has 0 spiro atoms. The molecule has 0 aromatic rings. The van der Waals surface area contributed by atoms with E-state index in [-0.39, 0.29) is 25.0 Å². The number of thioether (sulfide) groups is 1. The molecule has 0 fully saturated rings. The van der Waals surface area contributed by atoms with Crippen LogP contribution >= 0.6 is 11.8 Å². The zero-order chi connectivity index (χ0) is 16.4. The van der Waals surface area contributed by atoms with Crippen LogP contribution in [0.3, 0.4) is 0 Å². The Bertz CT molecular complexity index is 292. The molecule has 0 radical (unpaired) electrons. The first kappa shape index (κ1) is 20.6. The minimum absolute atomic E-state index is 0.0283. The summed E-state index contributed by atoms with van der Waals surface area (Å²) in [5.41, 5.74) is 5.26. The Labute approximate surface area is 129 Å². The van der Waals surface area contributed by atoms with Crippen molar-refractivity contribution in [1.82, 2.24) is 0 Å². The van der Waals surface area contributed by atoms with Gasteiger partial charge in [0.25, 0.3) is 0 Å². The zero-order valence-electron chi connectivity index (χ0n) is 12.8. The maximum absolute atomic E-state index is 11.4. The molecule has 0 aromatic heterocycles. The third kappa shape index (κ3) is 10.0. The van der Waals surface area contributed by atoms with Crippen LogP contribution in [0, 0.1) is 11.8 Å². The molecule has 0 aliphatic rings. The van der Waals surface area contributed by atoms with Crippen molar-refractivity contribution in [2.75, 3.05) is 19.0 Å². The SMILES string of the molecule is CCC(C)C(O)OCC(O)COC(=O)SCC(C)C(N)O. The summed E-state index contributed by atoms with van der Waals surface area (Å²) >= 11 is 0.885. The Hall–Kier alpha value is -0.380. The number of rotatable bonds is 10. The number of carbonyl (C=O) groups is 1. The lowest BCUT2D eigenvalue weighted by Crippen LogP contribution is -2.30. The van der Waals surface area contributed by atoms with Crippen LogP contribution < -0.4 is 5.73 Å². The minimum atomic E-state index is -0.995. The van der Waals surface area contributed by atoms with Crippen LogP contribution in [-0.4, -0.2) is 58.2 Å². The van der Waals surface area contributed by atoms with E-state index in [1.807, 2.05) is 13.8 Å². The molecule has 0 amide bonds. The number of aliphatic hydroxyl groups excluding tert-OH is 3. The average molecular weight is 325 g/mol. The van der Waals surface area contributed by atoms with Crippen LogP contribution in [0.25, 0.3) is 0 Å². The lowest BCUT2D eigenvalue weighted by Gasteiger charge is -2.19. The maximum Gasteiger partial charge on any atom is 0.367 e.